The van der Waals surface area contributed by atoms with Crippen LogP contribution in [-0.2, 0) is 24.0 Å². The van der Waals surface area contributed by atoms with Crippen molar-refractivity contribution < 1.29 is 4.74 Å². The van der Waals surface area contributed by atoms with Crippen LogP contribution in [0, 0.1) is 23.7 Å². The van der Waals surface area contributed by atoms with Gasteiger partial charge in [0, 0.05) is 7.11 Å². The lowest BCUT2D eigenvalue weighted by Gasteiger charge is -2.44. The fourth-order valence-corrected chi connectivity index (χ4v) is 6.21. The Hall–Kier alpha value is -0.820. The molecule has 0 aliphatic heterocycles. The van der Waals surface area contributed by atoms with Crippen molar-refractivity contribution >= 4 is 0 Å². The van der Waals surface area contributed by atoms with E-state index in [9.17, 15) is 0 Å². The molecule has 3 aliphatic carbocycles. The quantitative estimate of drug-likeness (QED) is 0.655. The fraction of sp³-hybridized carbons (Fsp3) is 0.750. The molecule has 5 atom stereocenters. The molecule has 2 saturated carbocycles. The largest absolute Gasteiger partial charge is 0.381 e. The van der Waals surface area contributed by atoms with E-state index in [1.54, 1.807) is 16.7 Å². The smallest absolute Gasteiger partial charge is 0.0574 e. The molecule has 0 heterocycles. The molecule has 0 aromatic heterocycles. The zero-order chi connectivity index (χ0) is 17.2. The fourth-order valence-electron chi connectivity index (χ4n) is 6.21. The Morgan fingerprint density at radius 3 is 2.44 bits per heavy atom. The van der Waals surface area contributed by atoms with Gasteiger partial charge in [-0.05, 0) is 105 Å². The van der Waals surface area contributed by atoms with Crippen molar-refractivity contribution in [2.24, 2.45) is 23.7 Å². The molecular weight excluding hydrogens is 304 g/mol. The third-order valence-corrected chi connectivity index (χ3v) is 7.68. The Morgan fingerprint density at radius 1 is 0.880 bits per heavy atom. The molecule has 2 fully saturated rings. The van der Waals surface area contributed by atoms with Crippen molar-refractivity contribution in [3.05, 3.63) is 34.9 Å². The molecule has 1 aromatic rings. The summed E-state index contributed by atoms with van der Waals surface area (Å²) < 4.78 is 5.65. The Labute approximate surface area is 154 Å². The van der Waals surface area contributed by atoms with Gasteiger partial charge >= 0.3 is 0 Å². The van der Waals surface area contributed by atoms with Crippen molar-refractivity contribution in [3.8, 4) is 0 Å². The first kappa shape index (κ1) is 17.6. The topological polar surface area (TPSA) is 9.23 Å². The highest BCUT2D eigenvalue weighted by Crippen LogP contribution is 2.47. The third kappa shape index (κ3) is 3.82. The summed E-state index contributed by atoms with van der Waals surface area (Å²) in [4.78, 5) is 0. The zero-order valence-corrected chi connectivity index (χ0v) is 16.3. The van der Waals surface area contributed by atoms with Crippen molar-refractivity contribution in [2.75, 3.05) is 7.11 Å². The first-order chi connectivity index (χ1) is 12.3. The summed E-state index contributed by atoms with van der Waals surface area (Å²) >= 11 is 0. The van der Waals surface area contributed by atoms with E-state index < -0.39 is 0 Å². The standard InChI is InChI=1S/C24H36O/c1-3-4-17-5-6-19-14-20(8-7-18(19)13-17)21-9-10-23-16-24(25-2)12-11-22(23)15-21/h5-6,13,20-24H,3-4,7-12,14-16H2,1-2H3. The van der Waals surface area contributed by atoms with E-state index in [-0.39, 0.29) is 0 Å². The maximum absolute atomic E-state index is 5.65. The van der Waals surface area contributed by atoms with Crippen LogP contribution in [0.2, 0.25) is 0 Å². The van der Waals surface area contributed by atoms with Gasteiger partial charge in [-0.15, -0.1) is 0 Å². The second-order valence-electron chi connectivity index (χ2n) is 9.12. The van der Waals surface area contributed by atoms with Gasteiger partial charge in [-0.1, -0.05) is 31.5 Å². The van der Waals surface area contributed by atoms with Crippen LogP contribution in [0.15, 0.2) is 18.2 Å². The summed E-state index contributed by atoms with van der Waals surface area (Å²) in [5.41, 5.74) is 4.88. The second kappa shape index (κ2) is 7.82. The van der Waals surface area contributed by atoms with Crippen molar-refractivity contribution in [3.63, 3.8) is 0 Å². The van der Waals surface area contributed by atoms with Crippen LogP contribution in [0.3, 0.4) is 0 Å². The Morgan fingerprint density at radius 2 is 1.64 bits per heavy atom. The summed E-state index contributed by atoms with van der Waals surface area (Å²) in [5, 5.41) is 0. The zero-order valence-electron chi connectivity index (χ0n) is 16.3. The number of hydrogen-bond acceptors (Lipinski definition) is 1. The average molecular weight is 341 g/mol. The number of hydrogen-bond donors (Lipinski definition) is 0. The molecule has 0 spiro atoms. The molecule has 1 nitrogen and oxygen atoms in total. The first-order valence-corrected chi connectivity index (χ1v) is 10.9. The number of rotatable bonds is 4. The molecule has 4 rings (SSSR count). The van der Waals surface area contributed by atoms with E-state index in [1.807, 2.05) is 7.11 Å². The highest BCUT2D eigenvalue weighted by molar-refractivity contribution is 5.34. The molecule has 5 unspecified atom stereocenters. The maximum atomic E-state index is 5.65. The molecule has 25 heavy (non-hydrogen) atoms. The number of aryl methyl sites for hydroxylation is 2. The van der Waals surface area contributed by atoms with Crippen LogP contribution in [0.25, 0.3) is 0 Å². The van der Waals surface area contributed by atoms with Crippen LogP contribution < -0.4 is 0 Å². The Balaban J connectivity index is 1.38. The van der Waals surface area contributed by atoms with Crippen LogP contribution in [0.1, 0.15) is 75.0 Å². The van der Waals surface area contributed by atoms with Crippen molar-refractivity contribution in [1.82, 2.24) is 0 Å². The normalized spacial score (nSPS) is 35.0. The number of ether oxygens (including phenoxy) is 1. The molecule has 0 saturated heterocycles. The third-order valence-electron chi connectivity index (χ3n) is 7.68. The van der Waals surface area contributed by atoms with Crippen molar-refractivity contribution in [1.29, 1.82) is 0 Å². The van der Waals surface area contributed by atoms with Crippen molar-refractivity contribution in [2.45, 2.75) is 83.7 Å². The summed E-state index contributed by atoms with van der Waals surface area (Å²) in [5.74, 6) is 3.90. The summed E-state index contributed by atoms with van der Waals surface area (Å²) in [6.07, 6.45) is 15.7. The molecule has 138 valence electrons. The van der Waals surface area contributed by atoms with Crippen LogP contribution >= 0.6 is 0 Å². The molecule has 1 aromatic carbocycles. The molecule has 0 amide bonds. The average Bonchev–Trinajstić information content (AvgIpc) is 2.67. The molecular formula is C24H36O. The number of fused-ring (bicyclic) bond motifs is 2. The monoisotopic (exact) mass is 340 g/mol. The molecule has 0 N–H and O–H groups in total. The Kier molecular flexibility index (Phi) is 5.50. The lowest BCUT2D eigenvalue weighted by Crippen LogP contribution is -2.36. The van der Waals surface area contributed by atoms with Gasteiger partial charge in [-0.3, -0.25) is 0 Å². The lowest BCUT2D eigenvalue weighted by molar-refractivity contribution is -0.000899. The van der Waals surface area contributed by atoms with E-state index in [1.165, 1.54) is 70.6 Å². The van der Waals surface area contributed by atoms with Crippen LogP contribution in [-0.4, -0.2) is 13.2 Å². The van der Waals surface area contributed by atoms with Gasteiger partial charge in [0.15, 0.2) is 0 Å². The minimum absolute atomic E-state index is 0.552. The van der Waals surface area contributed by atoms with Crippen LogP contribution in [0.5, 0.6) is 0 Å². The van der Waals surface area contributed by atoms with Gasteiger partial charge in [-0.2, -0.15) is 0 Å². The number of benzene rings is 1. The minimum Gasteiger partial charge on any atom is -0.381 e. The summed E-state index contributed by atoms with van der Waals surface area (Å²) in [6.45, 7) is 2.28. The minimum atomic E-state index is 0.552. The van der Waals surface area contributed by atoms with E-state index in [0.717, 1.165) is 23.7 Å². The van der Waals surface area contributed by atoms with Gasteiger partial charge in [0.2, 0.25) is 0 Å². The van der Waals surface area contributed by atoms with E-state index in [2.05, 4.69) is 25.1 Å². The first-order valence-electron chi connectivity index (χ1n) is 10.9. The lowest BCUT2D eigenvalue weighted by atomic mass is 9.62. The van der Waals surface area contributed by atoms with Gasteiger partial charge in [-0.25, -0.2) is 0 Å². The summed E-state index contributed by atoms with van der Waals surface area (Å²) in [7, 11) is 1.90. The van der Waals surface area contributed by atoms with Gasteiger partial charge in [0.1, 0.15) is 0 Å². The van der Waals surface area contributed by atoms with Crippen LogP contribution in [0.4, 0.5) is 0 Å². The molecule has 3 aliphatic rings. The Bertz CT molecular complexity index is 577. The van der Waals surface area contributed by atoms with Gasteiger partial charge < -0.3 is 4.74 Å². The predicted molar refractivity (Wildman–Crippen MR) is 105 cm³/mol. The molecule has 0 bridgehead atoms. The van der Waals surface area contributed by atoms with Gasteiger partial charge in [0.25, 0.3) is 0 Å². The highest BCUT2D eigenvalue weighted by Gasteiger charge is 2.38. The SMILES string of the molecule is CCCc1ccc2c(c1)CCC(C1CCC3CC(OC)CCC3C1)C2. The van der Waals surface area contributed by atoms with E-state index in [4.69, 9.17) is 4.74 Å². The van der Waals surface area contributed by atoms with E-state index in [0.29, 0.717) is 6.10 Å². The summed E-state index contributed by atoms with van der Waals surface area (Å²) in [6, 6.07) is 7.37. The predicted octanol–water partition coefficient (Wildman–Crippen LogP) is 5.98. The number of methoxy groups -OCH3 is 1. The highest BCUT2D eigenvalue weighted by atomic mass is 16.5. The maximum Gasteiger partial charge on any atom is 0.0574 e. The molecule has 0 radical (unpaired) electrons. The second-order valence-corrected chi connectivity index (χ2v) is 9.12. The van der Waals surface area contributed by atoms with E-state index >= 15 is 0 Å². The van der Waals surface area contributed by atoms with Gasteiger partial charge in [0.05, 0.1) is 6.10 Å². The molecule has 1 heteroatoms.